The van der Waals surface area contributed by atoms with Crippen molar-refractivity contribution in [1.82, 2.24) is 4.90 Å². The van der Waals surface area contributed by atoms with Gasteiger partial charge in [-0.1, -0.05) is 39.0 Å². The highest BCUT2D eigenvalue weighted by Gasteiger charge is 2.24. The Labute approximate surface area is 113 Å². The van der Waals surface area contributed by atoms with Gasteiger partial charge in [-0.15, -0.1) is 0 Å². The maximum Gasteiger partial charge on any atom is 0.00962 e. The molecular formula is C16H32N2. The summed E-state index contributed by atoms with van der Waals surface area (Å²) in [4.78, 5) is 2.74. The minimum Gasteiger partial charge on any atom is -0.328 e. The van der Waals surface area contributed by atoms with E-state index in [0.717, 1.165) is 12.0 Å². The smallest absolute Gasteiger partial charge is 0.00962 e. The molecule has 0 aromatic heterocycles. The second-order valence-corrected chi connectivity index (χ2v) is 6.49. The van der Waals surface area contributed by atoms with Gasteiger partial charge in [-0.25, -0.2) is 0 Å². The molecule has 0 unspecified atom stereocenters. The van der Waals surface area contributed by atoms with Crippen molar-refractivity contribution < 1.29 is 0 Å². The molecule has 0 atom stereocenters. The van der Waals surface area contributed by atoms with Gasteiger partial charge in [0.1, 0.15) is 0 Å². The lowest BCUT2D eigenvalue weighted by Crippen LogP contribution is -2.41. The highest BCUT2D eigenvalue weighted by atomic mass is 15.1. The van der Waals surface area contributed by atoms with E-state index in [0.29, 0.717) is 6.04 Å². The van der Waals surface area contributed by atoms with E-state index in [1.807, 2.05) is 0 Å². The minimum atomic E-state index is 0.485. The molecule has 18 heavy (non-hydrogen) atoms. The van der Waals surface area contributed by atoms with Crippen LogP contribution in [-0.4, -0.2) is 30.1 Å². The number of hydrogen-bond donors (Lipinski definition) is 1. The fraction of sp³-hybridized carbons (Fsp3) is 1.00. The van der Waals surface area contributed by atoms with Crippen molar-refractivity contribution in [2.24, 2.45) is 11.7 Å². The van der Waals surface area contributed by atoms with E-state index in [4.69, 9.17) is 5.73 Å². The van der Waals surface area contributed by atoms with Crippen molar-refractivity contribution in [1.29, 1.82) is 0 Å². The number of rotatable bonds is 5. The summed E-state index contributed by atoms with van der Waals surface area (Å²) in [7, 11) is 0. The van der Waals surface area contributed by atoms with Crippen LogP contribution in [0.1, 0.15) is 71.1 Å². The van der Waals surface area contributed by atoms with Crippen molar-refractivity contribution in [2.75, 3.05) is 13.1 Å². The van der Waals surface area contributed by atoms with Gasteiger partial charge in [0.15, 0.2) is 0 Å². The molecule has 0 spiro atoms. The zero-order valence-corrected chi connectivity index (χ0v) is 12.2. The fourth-order valence-electron chi connectivity index (χ4n) is 3.89. The summed E-state index contributed by atoms with van der Waals surface area (Å²) in [6, 6.07) is 1.32. The number of nitrogens with two attached hydrogens (primary N) is 1. The monoisotopic (exact) mass is 252 g/mol. The second-order valence-electron chi connectivity index (χ2n) is 6.49. The third-order valence-electron chi connectivity index (χ3n) is 5.21. The summed E-state index contributed by atoms with van der Waals surface area (Å²) < 4.78 is 0. The molecule has 0 amide bonds. The largest absolute Gasteiger partial charge is 0.328 e. The van der Waals surface area contributed by atoms with E-state index >= 15 is 0 Å². The molecule has 0 heterocycles. The predicted molar refractivity (Wildman–Crippen MR) is 78.7 cm³/mol. The standard InChI is InChI=1S/C16H32N2/c1-2-18(16-10-8-15(17)9-11-16)13-12-14-6-4-3-5-7-14/h14-16H,2-13,17H2,1H3. The summed E-state index contributed by atoms with van der Waals surface area (Å²) in [6.07, 6.45) is 14.0. The summed E-state index contributed by atoms with van der Waals surface area (Å²) in [6.45, 7) is 4.89. The lowest BCUT2D eigenvalue weighted by atomic mass is 9.86. The first-order chi connectivity index (χ1) is 8.79. The van der Waals surface area contributed by atoms with Crippen LogP contribution in [0, 0.1) is 5.92 Å². The Hall–Kier alpha value is -0.0800. The summed E-state index contributed by atoms with van der Waals surface area (Å²) in [5.41, 5.74) is 6.01. The van der Waals surface area contributed by atoms with Crippen LogP contribution in [0.3, 0.4) is 0 Å². The van der Waals surface area contributed by atoms with Crippen LogP contribution in [-0.2, 0) is 0 Å². The lowest BCUT2D eigenvalue weighted by molar-refractivity contribution is 0.142. The first kappa shape index (κ1) is 14.3. The zero-order chi connectivity index (χ0) is 12.8. The van der Waals surface area contributed by atoms with Crippen molar-refractivity contribution >= 4 is 0 Å². The van der Waals surface area contributed by atoms with Gasteiger partial charge >= 0.3 is 0 Å². The summed E-state index contributed by atoms with van der Waals surface area (Å²) in [5.74, 6) is 1.03. The van der Waals surface area contributed by atoms with Gasteiger partial charge in [-0.2, -0.15) is 0 Å². The van der Waals surface area contributed by atoms with Gasteiger partial charge in [0.25, 0.3) is 0 Å². The first-order valence-electron chi connectivity index (χ1n) is 8.29. The van der Waals surface area contributed by atoms with Crippen LogP contribution in [0.25, 0.3) is 0 Å². The second kappa shape index (κ2) is 7.49. The topological polar surface area (TPSA) is 29.3 Å². The van der Waals surface area contributed by atoms with Crippen LogP contribution < -0.4 is 5.73 Å². The van der Waals surface area contributed by atoms with Crippen LogP contribution in [0.2, 0.25) is 0 Å². The molecule has 2 heteroatoms. The number of nitrogens with zero attached hydrogens (tertiary/aromatic N) is 1. The zero-order valence-electron chi connectivity index (χ0n) is 12.2. The Bertz CT molecular complexity index is 215. The molecular weight excluding hydrogens is 220 g/mol. The summed E-state index contributed by atoms with van der Waals surface area (Å²) >= 11 is 0. The molecule has 0 bridgehead atoms. The molecule has 0 aromatic carbocycles. The SMILES string of the molecule is CCN(CCC1CCCCC1)C1CCC(N)CC1. The Morgan fingerprint density at radius 3 is 2.22 bits per heavy atom. The van der Waals surface area contributed by atoms with Gasteiger partial charge in [-0.05, 0) is 51.1 Å². The Balaban J connectivity index is 1.71. The lowest BCUT2D eigenvalue weighted by Gasteiger charge is -2.36. The van der Waals surface area contributed by atoms with Crippen molar-refractivity contribution in [2.45, 2.75) is 83.2 Å². The molecule has 106 valence electrons. The van der Waals surface area contributed by atoms with Crippen LogP contribution in [0.4, 0.5) is 0 Å². The van der Waals surface area contributed by atoms with Crippen molar-refractivity contribution in [3.05, 3.63) is 0 Å². The fourth-order valence-corrected chi connectivity index (χ4v) is 3.89. The maximum absolute atomic E-state index is 6.01. The Kier molecular flexibility index (Phi) is 5.97. The van der Waals surface area contributed by atoms with E-state index in [1.54, 1.807) is 0 Å². The average Bonchev–Trinajstić information content (AvgIpc) is 2.42. The van der Waals surface area contributed by atoms with Gasteiger partial charge in [-0.3, -0.25) is 0 Å². The highest BCUT2D eigenvalue weighted by Crippen LogP contribution is 2.28. The molecule has 2 aliphatic rings. The van der Waals surface area contributed by atoms with E-state index in [2.05, 4.69) is 11.8 Å². The molecule has 0 radical (unpaired) electrons. The van der Waals surface area contributed by atoms with Crippen LogP contribution >= 0.6 is 0 Å². The highest BCUT2D eigenvalue weighted by molar-refractivity contribution is 4.81. The molecule has 2 fully saturated rings. The van der Waals surface area contributed by atoms with Crippen LogP contribution in [0.5, 0.6) is 0 Å². The molecule has 2 saturated carbocycles. The predicted octanol–water partition coefficient (Wildman–Crippen LogP) is 3.55. The third kappa shape index (κ3) is 4.24. The third-order valence-corrected chi connectivity index (χ3v) is 5.21. The van der Waals surface area contributed by atoms with E-state index < -0.39 is 0 Å². The normalized spacial score (nSPS) is 30.8. The van der Waals surface area contributed by atoms with Crippen molar-refractivity contribution in [3.63, 3.8) is 0 Å². The minimum absolute atomic E-state index is 0.485. The molecule has 0 saturated heterocycles. The number of hydrogen-bond acceptors (Lipinski definition) is 2. The molecule has 0 aromatic rings. The van der Waals surface area contributed by atoms with Gasteiger partial charge < -0.3 is 10.6 Å². The molecule has 0 aliphatic heterocycles. The van der Waals surface area contributed by atoms with Gasteiger partial charge in [0.2, 0.25) is 0 Å². The van der Waals surface area contributed by atoms with E-state index in [9.17, 15) is 0 Å². The van der Waals surface area contributed by atoms with Crippen LogP contribution in [0.15, 0.2) is 0 Å². The summed E-state index contributed by atoms with van der Waals surface area (Å²) in [5, 5.41) is 0. The van der Waals surface area contributed by atoms with Gasteiger partial charge in [0.05, 0.1) is 0 Å². The molecule has 2 aliphatic carbocycles. The Morgan fingerprint density at radius 1 is 0.944 bits per heavy atom. The molecule has 2 N–H and O–H groups in total. The average molecular weight is 252 g/mol. The van der Waals surface area contributed by atoms with Crippen molar-refractivity contribution in [3.8, 4) is 0 Å². The van der Waals surface area contributed by atoms with E-state index in [1.165, 1.54) is 77.3 Å². The van der Waals surface area contributed by atoms with E-state index in [-0.39, 0.29) is 0 Å². The quantitative estimate of drug-likeness (QED) is 0.811. The maximum atomic E-state index is 6.01. The van der Waals surface area contributed by atoms with Gasteiger partial charge in [0, 0.05) is 12.1 Å². The first-order valence-corrected chi connectivity index (χ1v) is 8.29. The Morgan fingerprint density at radius 2 is 1.61 bits per heavy atom. The molecule has 2 rings (SSSR count). The molecule has 2 nitrogen and oxygen atoms in total.